The first-order chi connectivity index (χ1) is 25.2. The summed E-state index contributed by atoms with van der Waals surface area (Å²) in [5.41, 5.74) is -1.77. The molecule has 2 atom stereocenters. The Bertz CT molecular complexity index is 2110. The lowest BCUT2D eigenvalue weighted by atomic mass is 10.00. The van der Waals surface area contributed by atoms with Crippen molar-refractivity contribution in [2.75, 3.05) is 26.4 Å². The van der Waals surface area contributed by atoms with Crippen molar-refractivity contribution in [3.05, 3.63) is 109 Å². The Morgan fingerprint density at radius 2 is 0.943 bits per heavy atom. The maximum atomic E-state index is 12.9. The largest absolute Gasteiger partial charge is 0.480 e. The van der Waals surface area contributed by atoms with E-state index in [9.17, 15) is 40.3 Å². The molecule has 19 heteroatoms. The number of nitrogens with one attached hydrogen (secondary N) is 3. The van der Waals surface area contributed by atoms with Gasteiger partial charge < -0.3 is 24.1 Å². The van der Waals surface area contributed by atoms with E-state index in [-0.39, 0.29) is 49.1 Å². The first-order valence-electron chi connectivity index (χ1n) is 15.6. The van der Waals surface area contributed by atoms with E-state index in [0.717, 1.165) is 0 Å². The molecule has 15 nitrogen and oxygen atoms in total. The van der Waals surface area contributed by atoms with Gasteiger partial charge in [-0.05, 0) is 97.1 Å². The van der Waals surface area contributed by atoms with Gasteiger partial charge >= 0.3 is 5.97 Å². The second kappa shape index (κ2) is 16.3. The Morgan fingerprint density at radius 1 is 0.604 bits per heavy atom. The molecule has 1 amide bonds. The molecule has 0 spiro atoms. The number of hydroxylamine groups is 1. The average Bonchev–Trinajstić information content (AvgIpc) is 3.81. The third kappa shape index (κ3) is 9.70. The summed E-state index contributed by atoms with van der Waals surface area (Å²) in [4.78, 5) is 23.2. The molecule has 282 valence electrons. The topological polar surface area (TPSA) is 216 Å². The molecule has 0 aliphatic carbocycles. The number of sulfonamides is 2. The van der Waals surface area contributed by atoms with E-state index in [1.165, 1.54) is 103 Å². The quantitative estimate of drug-likeness (QED) is 0.103. The van der Waals surface area contributed by atoms with Crippen molar-refractivity contribution in [3.63, 3.8) is 0 Å². The number of amides is 1. The molecule has 4 aromatic carbocycles. The monoisotopic (exact) mass is 777 g/mol. The maximum Gasteiger partial charge on any atom is 0.327 e. The predicted octanol–water partition coefficient (Wildman–Crippen LogP) is 3.70. The zero-order valence-electron chi connectivity index (χ0n) is 27.5. The van der Waals surface area contributed by atoms with Crippen molar-refractivity contribution in [1.29, 1.82) is 0 Å². The van der Waals surface area contributed by atoms with Crippen molar-refractivity contribution in [2.45, 2.75) is 33.7 Å². The number of hydrogen-bond acceptors (Lipinski definition) is 11. The van der Waals surface area contributed by atoms with Gasteiger partial charge in [0.15, 0.2) is 5.54 Å². The van der Waals surface area contributed by atoms with Gasteiger partial charge in [0, 0.05) is 26.1 Å². The third-order valence-corrected chi connectivity index (χ3v) is 11.1. The van der Waals surface area contributed by atoms with Crippen molar-refractivity contribution >= 4 is 31.9 Å². The molecular formula is C34H33F2N3O12S2. The van der Waals surface area contributed by atoms with Gasteiger partial charge in [-0.15, -0.1) is 0 Å². The number of hydrogen-bond donors (Lipinski definition) is 5. The van der Waals surface area contributed by atoms with Gasteiger partial charge in [0.1, 0.15) is 40.2 Å². The summed E-state index contributed by atoms with van der Waals surface area (Å²) in [6.07, 6.45) is 0.137. The van der Waals surface area contributed by atoms with Gasteiger partial charge in [-0.1, -0.05) is 0 Å². The summed E-state index contributed by atoms with van der Waals surface area (Å²) in [6, 6.07) is 21.7. The molecule has 0 bridgehead atoms. The lowest BCUT2D eigenvalue weighted by Gasteiger charge is -2.25. The van der Waals surface area contributed by atoms with Crippen LogP contribution >= 0.6 is 0 Å². The molecule has 5 N–H and O–H groups in total. The van der Waals surface area contributed by atoms with Crippen LogP contribution in [0.5, 0.6) is 23.0 Å². The van der Waals surface area contributed by atoms with E-state index in [2.05, 4.69) is 9.44 Å². The van der Waals surface area contributed by atoms with Gasteiger partial charge in [0.05, 0.1) is 23.0 Å². The smallest absolute Gasteiger partial charge is 0.327 e. The van der Waals surface area contributed by atoms with E-state index >= 15 is 0 Å². The van der Waals surface area contributed by atoms with Crippen LogP contribution in [0.4, 0.5) is 8.78 Å². The highest BCUT2D eigenvalue weighted by molar-refractivity contribution is 7.89. The van der Waals surface area contributed by atoms with E-state index < -0.39 is 54.6 Å². The molecule has 0 unspecified atom stereocenters. The molecule has 4 aromatic rings. The molecule has 2 aliphatic rings. The van der Waals surface area contributed by atoms with Crippen LogP contribution in [-0.2, 0) is 39.1 Å². The number of halogens is 2. The lowest BCUT2D eigenvalue weighted by Crippen LogP contribution is -2.58. The number of carboxylic acids is 1. The summed E-state index contributed by atoms with van der Waals surface area (Å²) >= 11 is 0. The molecular weight excluding hydrogens is 745 g/mol. The van der Waals surface area contributed by atoms with Crippen LogP contribution in [0.25, 0.3) is 0 Å². The van der Waals surface area contributed by atoms with E-state index in [1.807, 2.05) is 0 Å². The summed E-state index contributed by atoms with van der Waals surface area (Å²) in [6.45, 7) is -0.0721. The zero-order chi connectivity index (χ0) is 38.3. The van der Waals surface area contributed by atoms with E-state index in [0.29, 0.717) is 23.0 Å². The normalized spacial score (nSPS) is 19.8. The maximum absolute atomic E-state index is 12.9. The Morgan fingerprint density at radius 3 is 1.26 bits per heavy atom. The van der Waals surface area contributed by atoms with Gasteiger partial charge in [-0.3, -0.25) is 14.8 Å². The Kier molecular flexibility index (Phi) is 12.1. The van der Waals surface area contributed by atoms with E-state index in [4.69, 9.17) is 24.2 Å². The SMILES string of the molecule is O=C(NO)[C@]1(NS(=O)(=O)c2ccc(Oc3ccc(F)cc3)cc2)CCOC1.O=C(O)[C@]1(NS(=O)(=O)c2ccc(Oc3ccc(F)cc3)cc2)CCOC1. The number of rotatable bonds is 12. The summed E-state index contributed by atoms with van der Waals surface area (Å²) in [5, 5.41) is 18.2. The Balaban J connectivity index is 0.000000204. The highest BCUT2D eigenvalue weighted by atomic mass is 32.2. The van der Waals surface area contributed by atoms with Crippen molar-refractivity contribution < 1.29 is 64.5 Å². The molecule has 2 fully saturated rings. The fraction of sp³-hybridized carbons (Fsp3) is 0.235. The molecule has 2 heterocycles. The standard InChI is InChI=1S/C17H17FN2O6S.C17H16FNO6S/c18-12-1-3-13(4-2-12)26-14-5-7-15(8-6-14)27(23,24)20-17(16(21)19-22)9-10-25-11-17;18-12-1-3-13(4-2-12)25-14-5-7-15(8-6-14)26(22,23)19-17(16(20)21)9-10-24-11-17/h1-8,20,22H,9-11H2,(H,19,21);1-8,19H,9-11H2,(H,20,21)/t2*17-/m00/s1. The molecule has 2 aliphatic heterocycles. The fourth-order valence-corrected chi connectivity index (χ4v) is 7.87. The van der Waals surface area contributed by atoms with Crippen LogP contribution in [0.3, 0.4) is 0 Å². The predicted molar refractivity (Wildman–Crippen MR) is 180 cm³/mol. The summed E-state index contributed by atoms with van der Waals surface area (Å²) in [7, 11) is -8.12. The number of aliphatic carboxylic acids is 1. The molecule has 53 heavy (non-hydrogen) atoms. The van der Waals surface area contributed by atoms with Crippen molar-refractivity contribution in [3.8, 4) is 23.0 Å². The number of benzene rings is 4. The van der Waals surface area contributed by atoms with Gasteiger partial charge in [-0.2, -0.15) is 9.44 Å². The first-order valence-corrected chi connectivity index (χ1v) is 18.6. The third-order valence-electron chi connectivity index (χ3n) is 8.02. The molecule has 6 rings (SSSR count). The van der Waals surface area contributed by atoms with Crippen LogP contribution in [0.1, 0.15) is 12.8 Å². The van der Waals surface area contributed by atoms with Crippen molar-refractivity contribution in [1.82, 2.24) is 14.9 Å². The van der Waals surface area contributed by atoms with Crippen LogP contribution in [0, 0.1) is 11.6 Å². The van der Waals surface area contributed by atoms with Crippen molar-refractivity contribution in [2.24, 2.45) is 0 Å². The lowest BCUT2D eigenvalue weighted by molar-refractivity contribution is -0.144. The zero-order valence-corrected chi connectivity index (χ0v) is 29.2. The Hall–Kier alpha value is -5.02. The minimum atomic E-state index is -4.06. The highest BCUT2D eigenvalue weighted by Crippen LogP contribution is 2.28. The highest BCUT2D eigenvalue weighted by Gasteiger charge is 2.47. The summed E-state index contributed by atoms with van der Waals surface area (Å²) in [5.74, 6) is -1.46. The van der Waals surface area contributed by atoms with Crippen LogP contribution in [0.15, 0.2) is 107 Å². The summed E-state index contributed by atoms with van der Waals surface area (Å²) < 4.78 is 102. The Labute approximate surface area is 302 Å². The van der Waals surface area contributed by atoms with Crippen LogP contribution < -0.4 is 24.4 Å². The number of carbonyl (C=O) groups excluding carboxylic acids is 1. The van der Waals surface area contributed by atoms with Crippen LogP contribution in [0.2, 0.25) is 0 Å². The number of carbonyl (C=O) groups is 2. The van der Waals surface area contributed by atoms with Crippen LogP contribution in [-0.4, -0.2) is 76.5 Å². The number of carboxylic acid groups (broad SMARTS) is 1. The number of ether oxygens (including phenoxy) is 4. The first kappa shape index (κ1) is 39.2. The van der Waals surface area contributed by atoms with Gasteiger partial charge in [0.25, 0.3) is 5.91 Å². The minimum Gasteiger partial charge on any atom is -0.480 e. The minimum absolute atomic E-state index is 0.0489. The second-order valence-electron chi connectivity index (χ2n) is 11.8. The molecule has 0 saturated carbocycles. The molecule has 2 saturated heterocycles. The average molecular weight is 778 g/mol. The van der Waals surface area contributed by atoms with E-state index in [1.54, 1.807) is 0 Å². The second-order valence-corrected chi connectivity index (χ2v) is 15.1. The molecule has 0 aromatic heterocycles. The molecule has 0 radical (unpaired) electrons. The van der Waals surface area contributed by atoms with Gasteiger partial charge in [-0.25, -0.2) is 31.1 Å². The fourth-order valence-electron chi connectivity index (χ4n) is 5.12. The van der Waals surface area contributed by atoms with Gasteiger partial charge in [0.2, 0.25) is 20.0 Å².